The largest absolute Gasteiger partial charge is 0.368 e. The van der Waals surface area contributed by atoms with Crippen molar-refractivity contribution in [3.05, 3.63) is 29.3 Å². The predicted octanol–water partition coefficient (Wildman–Crippen LogP) is 0.988. The summed E-state index contributed by atoms with van der Waals surface area (Å²) in [5.74, 6) is -0.228. The van der Waals surface area contributed by atoms with E-state index in [2.05, 4.69) is 36.9 Å². The van der Waals surface area contributed by atoms with Gasteiger partial charge < -0.3 is 14.7 Å². The van der Waals surface area contributed by atoms with Gasteiger partial charge in [-0.1, -0.05) is 12.1 Å². The van der Waals surface area contributed by atoms with Crippen LogP contribution in [-0.4, -0.2) is 80.3 Å². The minimum Gasteiger partial charge on any atom is -0.368 e. The maximum atomic E-state index is 13.0. The molecule has 0 saturated carbocycles. The molecule has 3 fully saturated rings. The molecule has 3 aliphatic heterocycles. The van der Waals surface area contributed by atoms with Gasteiger partial charge in [0.25, 0.3) is 0 Å². The molecule has 0 aromatic heterocycles. The number of anilines is 1. The summed E-state index contributed by atoms with van der Waals surface area (Å²) in [5, 5.41) is 0. The van der Waals surface area contributed by atoms with Crippen LogP contribution in [0, 0.1) is 19.8 Å². The summed E-state index contributed by atoms with van der Waals surface area (Å²) in [6.07, 6.45) is 0.691. The van der Waals surface area contributed by atoms with Crippen molar-refractivity contribution in [3.63, 3.8) is 0 Å². The van der Waals surface area contributed by atoms with Gasteiger partial charge in [0.05, 0.1) is 17.4 Å². The number of carbonyl (C=O) groups is 2. The van der Waals surface area contributed by atoms with Crippen molar-refractivity contribution >= 4 is 27.3 Å². The average molecular weight is 420 g/mol. The standard InChI is InChI=1S/C21H29N3O4S/c1-15-4-3-5-19(16(15)2)22-7-9-23(10-8-22)21(26)17-12-20(25)24(13-17)18-6-11-29(27,28)14-18/h3-5,17-18H,6-14H2,1-2H3/t17-,18+/m1/s1. The molecule has 1 aromatic carbocycles. The first kappa shape index (κ1) is 20.2. The smallest absolute Gasteiger partial charge is 0.228 e. The van der Waals surface area contributed by atoms with Crippen molar-refractivity contribution in [1.29, 1.82) is 0 Å². The van der Waals surface area contributed by atoms with E-state index < -0.39 is 9.84 Å². The Hall–Kier alpha value is -2.09. The van der Waals surface area contributed by atoms with Crippen LogP contribution in [0.15, 0.2) is 18.2 Å². The topological polar surface area (TPSA) is 78.0 Å². The minimum absolute atomic E-state index is 0.0299. The third-order valence-corrected chi connectivity index (χ3v) is 8.42. The van der Waals surface area contributed by atoms with Crippen LogP contribution < -0.4 is 4.90 Å². The first-order valence-corrected chi connectivity index (χ1v) is 12.2. The molecule has 3 saturated heterocycles. The number of likely N-dealkylation sites (tertiary alicyclic amines) is 1. The van der Waals surface area contributed by atoms with E-state index in [4.69, 9.17) is 0 Å². The Morgan fingerprint density at radius 3 is 2.48 bits per heavy atom. The van der Waals surface area contributed by atoms with E-state index in [0.717, 1.165) is 13.1 Å². The highest BCUT2D eigenvalue weighted by Crippen LogP contribution is 2.28. The molecule has 0 unspecified atom stereocenters. The van der Waals surface area contributed by atoms with Crippen LogP contribution in [0.25, 0.3) is 0 Å². The van der Waals surface area contributed by atoms with E-state index in [9.17, 15) is 18.0 Å². The highest BCUT2D eigenvalue weighted by Gasteiger charge is 2.43. The molecule has 158 valence electrons. The van der Waals surface area contributed by atoms with Crippen LogP contribution in [0.4, 0.5) is 5.69 Å². The summed E-state index contributed by atoms with van der Waals surface area (Å²) < 4.78 is 23.5. The van der Waals surface area contributed by atoms with Crippen molar-refractivity contribution in [3.8, 4) is 0 Å². The molecule has 0 spiro atoms. The molecule has 4 rings (SSSR count). The lowest BCUT2D eigenvalue weighted by atomic mass is 10.1. The van der Waals surface area contributed by atoms with Gasteiger partial charge in [0, 0.05) is 50.9 Å². The van der Waals surface area contributed by atoms with Crippen molar-refractivity contribution in [2.24, 2.45) is 5.92 Å². The summed E-state index contributed by atoms with van der Waals surface area (Å²) in [4.78, 5) is 31.3. The molecule has 0 aliphatic carbocycles. The zero-order chi connectivity index (χ0) is 20.8. The highest BCUT2D eigenvalue weighted by molar-refractivity contribution is 7.91. The Bertz CT molecular complexity index is 922. The Labute approximate surface area is 172 Å². The number of hydrogen-bond donors (Lipinski definition) is 0. The number of aryl methyl sites for hydroxylation is 1. The number of hydrogen-bond acceptors (Lipinski definition) is 5. The third-order valence-electron chi connectivity index (χ3n) is 6.66. The van der Waals surface area contributed by atoms with Gasteiger partial charge >= 0.3 is 0 Å². The highest BCUT2D eigenvalue weighted by atomic mass is 32.2. The molecular formula is C21H29N3O4S. The van der Waals surface area contributed by atoms with E-state index >= 15 is 0 Å². The Morgan fingerprint density at radius 1 is 1.10 bits per heavy atom. The number of benzene rings is 1. The lowest BCUT2D eigenvalue weighted by Crippen LogP contribution is -2.51. The van der Waals surface area contributed by atoms with Gasteiger partial charge in [0.1, 0.15) is 0 Å². The lowest BCUT2D eigenvalue weighted by molar-refractivity contribution is -0.136. The first-order chi connectivity index (χ1) is 13.7. The fourth-order valence-corrected chi connectivity index (χ4v) is 6.51. The number of sulfone groups is 1. The van der Waals surface area contributed by atoms with E-state index in [1.54, 1.807) is 4.90 Å². The van der Waals surface area contributed by atoms with Crippen molar-refractivity contribution in [1.82, 2.24) is 9.80 Å². The molecule has 8 heteroatoms. The monoisotopic (exact) mass is 419 g/mol. The number of piperazine rings is 1. The van der Waals surface area contributed by atoms with Crippen LogP contribution in [0.3, 0.4) is 0 Å². The normalized spacial score (nSPS) is 27.0. The molecule has 3 heterocycles. The van der Waals surface area contributed by atoms with Gasteiger partial charge in [0.2, 0.25) is 11.8 Å². The zero-order valence-corrected chi connectivity index (χ0v) is 18.0. The Morgan fingerprint density at radius 2 is 1.83 bits per heavy atom. The second kappa shape index (κ2) is 7.63. The molecule has 2 amide bonds. The average Bonchev–Trinajstić information content (AvgIpc) is 3.25. The second-order valence-corrected chi connectivity index (χ2v) is 10.8. The number of amides is 2. The van der Waals surface area contributed by atoms with E-state index in [1.165, 1.54) is 16.8 Å². The van der Waals surface area contributed by atoms with Crippen LogP contribution in [0.2, 0.25) is 0 Å². The molecule has 0 N–H and O–H groups in total. The predicted molar refractivity (Wildman–Crippen MR) is 112 cm³/mol. The van der Waals surface area contributed by atoms with E-state index in [0.29, 0.717) is 26.1 Å². The first-order valence-electron chi connectivity index (χ1n) is 10.3. The number of carbonyl (C=O) groups excluding carboxylic acids is 2. The summed E-state index contributed by atoms with van der Waals surface area (Å²) in [6, 6.07) is 6.04. The van der Waals surface area contributed by atoms with Crippen LogP contribution >= 0.6 is 0 Å². The number of rotatable bonds is 3. The van der Waals surface area contributed by atoms with Crippen molar-refractivity contribution in [2.45, 2.75) is 32.7 Å². The van der Waals surface area contributed by atoms with E-state index in [1.807, 2.05) is 4.90 Å². The third kappa shape index (κ3) is 3.99. The molecule has 2 atom stereocenters. The maximum absolute atomic E-state index is 13.0. The molecular weight excluding hydrogens is 390 g/mol. The summed E-state index contributed by atoms with van der Waals surface area (Å²) in [7, 11) is -3.05. The summed E-state index contributed by atoms with van der Waals surface area (Å²) in [6.45, 7) is 7.45. The quantitative estimate of drug-likeness (QED) is 0.730. The van der Waals surface area contributed by atoms with Crippen molar-refractivity contribution < 1.29 is 18.0 Å². The van der Waals surface area contributed by atoms with Crippen LogP contribution in [0.5, 0.6) is 0 Å². The second-order valence-electron chi connectivity index (χ2n) is 8.54. The fourth-order valence-electron chi connectivity index (χ4n) is 4.78. The zero-order valence-electron chi connectivity index (χ0n) is 17.1. The molecule has 3 aliphatic rings. The Kier molecular flexibility index (Phi) is 5.31. The van der Waals surface area contributed by atoms with Gasteiger partial charge in [0.15, 0.2) is 9.84 Å². The lowest BCUT2D eigenvalue weighted by Gasteiger charge is -2.38. The SMILES string of the molecule is Cc1cccc(N2CCN(C(=O)[C@@H]3CC(=O)N([C@H]4CCS(=O)(=O)C4)C3)CC2)c1C. The molecule has 0 bridgehead atoms. The van der Waals surface area contributed by atoms with Gasteiger partial charge in [-0.25, -0.2) is 8.42 Å². The minimum atomic E-state index is -3.05. The van der Waals surface area contributed by atoms with Gasteiger partial charge in [-0.2, -0.15) is 0 Å². The fraction of sp³-hybridized carbons (Fsp3) is 0.619. The molecule has 7 nitrogen and oxygen atoms in total. The maximum Gasteiger partial charge on any atom is 0.228 e. The van der Waals surface area contributed by atoms with Crippen molar-refractivity contribution in [2.75, 3.05) is 49.1 Å². The Balaban J connectivity index is 1.35. The number of nitrogens with zero attached hydrogens (tertiary/aromatic N) is 3. The van der Waals surface area contributed by atoms with E-state index in [-0.39, 0.29) is 41.7 Å². The van der Waals surface area contributed by atoms with Crippen LogP contribution in [-0.2, 0) is 19.4 Å². The van der Waals surface area contributed by atoms with Gasteiger partial charge in [-0.3, -0.25) is 9.59 Å². The summed E-state index contributed by atoms with van der Waals surface area (Å²) in [5.41, 5.74) is 3.76. The molecule has 29 heavy (non-hydrogen) atoms. The van der Waals surface area contributed by atoms with Gasteiger partial charge in [-0.05, 0) is 37.5 Å². The molecule has 1 aromatic rings. The summed E-state index contributed by atoms with van der Waals surface area (Å²) >= 11 is 0. The molecule has 0 radical (unpaired) electrons. The van der Waals surface area contributed by atoms with Gasteiger partial charge in [-0.15, -0.1) is 0 Å². The van der Waals surface area contributed by atoms with Crippen LogP contribution in [0.1, 0.15) is 24.0 Å².